The van der Waals surface area contributed by atoms with Crippen LogP contribution < -0.4 is 10.1 Å². The van der Waals surface area contributed by atoms with E-state index in [9.17, 15) is 4.79 Å². The molecule has 2 aromatic carbocycles. The zero-order valence-electron chi connectivity index (χ0n) is 16.9. The lowest BCUT2D eigenvalue weighted by atomic mass is 10.1. The molecule has 0 radical (unpaired) electrons. The number of carbonyl (C=O) groups is 1. The first kappa shape index (κ1) is 19.9. The average Bonchev–Trinajstić information content (AvgIpc) is 3.08. The van der Waals surface area contributed by atoms with Crippen LogP contribution in [0, 0.1) is 13.8 Å². The van der Waals surface area contributed by atoms with Crippen LogP contribution in [0.3, 0.4) is 0 Å². The van der Waals surface area contributed by atoms with E-state index in [0.717, 1.165) is 33.8 Å². The first-order valence-corrected chi connectivity index (χ1v) is 9.88. The Morgan fingerprint density at radius 3 is 2.57 bits per heavy atom. The van der Waals surface area contributed by atoms with Gasteiger partial charge in [0.15, 0.2) is 5.65 Å². The molecule has 6 nitrogen and oxygen atoms in total. The van der Waals surface area contributed by atoms with E-state index in [0.29, 0.717) is 22.8 Å². The number of carbonyl (C=O) groups excluding carboxylic acids is 1. The van der Waals surface area contributed by atoms with Crippen molar-refractivity contribution in [2.75, 3.05) is 7.11 Å². The number of nitrogens with one attached hydrogen (secondary N) is 1. The zero-order valence-corrected chi connectivity index (χ0v) is 17.7. The van der Waals surface area contributed by atoms with Crippen LogP contribution in [0.15, 0.2) is 54.6 Å². The van der Waals surface area contributed by atoms with E-state index < -0.39 is 0 Å². The molecule has 0 spiro atoms. The number of aromatic nitrogens is 3. The molecule has 0 aliphatic carbocycles. The predicted molar refractivity (Wildman–Crippen MR) is 118 cm³/mol. The second-order valence-electron chi connectivity index (χ2n) is 6.98. The number of ether oxygens (including phenoxy) is 1. The normalized spacial score (nSPS) is 10.9. The molecular weight excluding hydrogens is 400 g/mol. The summed E-state index contributed by atoms with van der Waals surface area (Å²) in [4.78, 5) is 17.7. The number of rotatable bonds is 5. The summed E-state index contributed by atoms with van der Waals surface area (Å²) < 4.78 is 6.98. The van der Waals surface area contributed by atoms with Gasteiger partial charge in [-0.3, -0.25) is 4.79 Å². The monoisotopic (exact) mass is 420 g/mol. The highest BCUT2D eigenvalue weighted by Crippen LogP contribution is 2.26. The number of halogens is 1. The van der Waals surface area contributed by atoms with Crippen molar-refractivity contribution in [1.82, 2.24) is 20.1 Å². The number of fused-ring (bicyclic) bond motifs is 1. The highest BCUT2D eigenvalue weighted by Gasteiger charge is 2.19. The van der Waals surface area contributed by atoms with Gasteiger partial charge >= 0.3 is 0 Å². The van der Waals surface area contributed by atoms with E-state index in [1.165, 1.54) is 0 Å². The van der Waals surface area contributed by atoms with Crippen molar-refractivity contribution < 1.29 is 9.53 Å². The third kappa shape index (κ3) is 3.74. The lowest BCUT2D eigenvalue weighted by Crippen LogP contribution is -2.23. The van der Waals surface area contributed by atoms with E-state index in [4.69, 9.17) is 16.3 Å². The molecule has 2 heterocycles. The van der Waals surface area contributed by atoms with E-state index in [1.807, 2.05) is 56.3 Å². The van der Waals surface area contributed by atoms with Crippen molar-refractivity contribution in [3.63, 3.8) is 0 Å². The first-order chi connectivity index (χ1) is 14.5. The molecular formula is C23H21ClN4O2. The summed E-state index contributed by atoms with van der Waals surface area (Å²) in [6, 6.07) is 16.8. The van der Waals surface area contributed by atoms with Crippen LogP contribution in [0.5, 0.6) is 5.75 Å². The second kappa shape index (κ2) is 8.16. The molecule has 7 heteroatoms. The van der Waals surface area contributed by atoms with Crippen molar-refractivity contribution in [2.24, 2.45) is 0 Å². The van der Waals surface area contributed by atoms with Crippen molar-refractivity contribution in [2.45, 2.75) is 20.4 Å². The van der Waals surface area contributed by atoms with Crippen LogP contribution in [-0.2, 0) is 6.54 Å². The quantitative estimate of drug-likeness (QED) is 0.511. The van der Waals surface area contributed by atoms with Gasteiger partial charge in [-0.2, -0.15) is 5.10 Å². The maximum atomic E-state index is 13.0. The van der Waals surface area contributed by atoms with Crippen LogP contribution in [-0.4, -0.2) is 27.8 Å². The third-order valence-electron chi connectivity index (χ3n) is 4.90. The van der Waals surface area contributed by atoms with E-state index >= 15 is 0 Å². The van der Waals surface area contributed by atoms with Crippen molar-refractivity contribution in [3.8, 4) is 11.4 Å². The number of aryl methyl sites for hydroxylation is 2. The Bertz CT molecular complexity index is 1230. The maximum Gasteiger partial charge on any atom is 0.252 e. The molecule has 0 saturated heterocycles. The molecule has 4 rings (SSSR count). The fourth-order valence-corrected chi connectivity index (χ4v) is 3.61. The number of amides is 1. The predicted octanol–water partition coefficient (Wildman–Crippen LogP) is 4.63. The molecule has 1 amide bonds. The molecule has 0 bridgehead atoms. The Morgan fingerprint density at radius 2 is 1.87 bits per heavy atom. The molecule has 0 aliphatic rings. The first-order valence-electron chi connectivity index (χ1n) is 9.51. The van der Waals surface area contributed by atoms with Gasteiger partial charge in [-0.1, -0.05) is 29.8 Å². The molecule has 2 aromatic heterocycles. The number of benzene rings is 2. The lowest BCUT2D eigenvalue weighted by molar-refractivity contribution is 0.0952. The Morgan fingerprint density at radius 1 is 1.13 bits per heavy atom. The van der Waals surface area contributed by atoms with Crippen LogP contribution in [0.25, 0.3) is 16.7 Å². The molecule has 4 aromatic rings. The minimum absolute atomic E-state index is 0.192. The van der Waals surface area contributed by atoms with Gasteiger partial charge in [0, 0.05) is 17.3 Å². The molecule has 0 aliphatic heterocycles. The van der Waals surface area contributed by atoms with Crippen LogP contribution in [0.4, 0.5) is 0 Å². The van der Waals surface area contributed by atoms with Gasteiger partial charge < -0.3 is 10.1 Å². The number of methoxy groups -OCH3 is 1. The number of nitrogens with zero attached hydrogens (tertiary/aromatic N) is 3. The molecule has 0 fully saturated rings. The molecule has 0 unspecified atom stereocenters. The van der Waals surface area contributed by atoms with Crippen LogP contribution >= 0.6 is 11.6 Å². The molecule has 152 valence electrons. The highest BCUT2D eigenvalue weighted by atomic mass is 35.5. The number of hydrogen-bond donors (Lipinski definition) is 1. The van der Waals surface area contributed by atoms with Crippen molar-refractivity contribution in [1.29, 1.82) is 0 Å². The molecule has 30 heavy (non-hydrogen) atoms. The summed E-state index contributed by atoms with van der Waals surface area (Å²) >= 11 is 6.21. The number of pyridine rings is 1. The largest absolute Gasteiger partial charge is 0.497 e. The summed E-state index contributed by atoms with van der Waals surface area (Å²) in [7, 11) is 1.63. The fraction of sp³-hybridized carbons (Fsp3) is 0.174. The lowest BCUT2D eigenvalue weighted by Gasteiger charge is -2.09. The van der Waals surface area contributed by atoms with Gasteiger partial charge in [0.2, 0.25) is 0 Å². The molecule has 0 atom stereocenters. The standard InChI is InChI=1S/C23H21ClN4O2/c1-14-12-19(23(29)25-13-16-6-4-5-7-20(16)24)21-15(2)27-28(22(21)26-14)17-8-10-18(30-3)11-9-17/h4-12H,13H2,1-3H3,(H,25,29). The minimum Gasteiger partial charge on any atom is -0.497 e. The van der Waals surface area contributed by atoms with Crippen molar-refractivity contribution in [3.05, 3.63) is 82.1 Å². The fourth-order valence-electron chi connectivity index (χ4n) is 3.41. The van der Waals surface area contributed by atoms with Gasteiger partial charge in [0.25, 0.3) is 5.91 Å². The summed E-state index contributed by atoms with van der Waals surface area (Å²) in [5.74, 6) is 0.568. The molecule has 0 saturated carbocycles. The topological polar surface area (TPSA) is 69.0 Å². The highest BCUT2D eigenvalue weighted by molar-refractivity contribution is 6.31. The van der Waals surface area contributed by atoms with Gasteiger partial charge in [0.1, 0.15) is 5.75 Å². The zero-order chi connectivity index (χ0) is 21.3. The maximum absolute atomic E-state index is 13.0. The van der Waals surface area contributed by atoms with Crippen LogP contribution in [0.2, 0.25) is 5.02 Å². The summed E-state index contributed by atoms with van der Waals surface area (Å²) in [5, 5.41) is 8.96. The minimum atomic E-state index is -0.192. The number of hydrogen-bond acceptors (Lipinski definition) is 4. The van der Waals surface area contributed by atoms with Gasteiger partial charge in [-0.25, -0.2) is 9.67 Å². The van der Waals surface area contributed by atoms with Crippen LogP contribution in [0.1, 0.15) is 27.3 Å². The van der Waals surface area contributed by atoms with Gasteiger partial charge in [-0.05, 0) is 55.8 Å². The van der Waals surface area contributed by atoms with Gasteiger partial charge in [-0.15, -0.1) is 0 Å². The van der Waals surface area contributed by atoms with E-state index in [1.54, 1.807) is 23.9 Å². The Hall–Kier alpha value is -3.38. The van der Waals surface area contributed by atoms with E-state index in [-0.39, 0.29) is 5.91 Å². The summed E-state index contributed by atoms with van der Waals surface area (Å²) in [5.41, 5.74) is 4.35. The van der Waals surface area contributed by atoms with Gasteiger partial charge in [0.05, 0.1) is 29.4 Å². The Kier molecular flexibility index (Phi) is 5.42. The SMILES string of the molecule is COc1ccc(-n2nc(C)c3c(C(=O)NCc4ccccc4Cl)cc(C)nc32)cc1. The average molecular weight is 421 g/mol. The third-order valence-corrected chi connectivity index (χ3v) is 5.27. The summed E-state index contributed by atoms with van der Waals surface area (Å²) in [6.45, 7) is 4.09. The smallest absolute Gasteiger partial charge is 0.252 e. The van der Waals surface area contributed by atoms with E-state index in [2.05, 4.69) is 15.4 Å². The second-order valence-corrected chi connectivity index (χ2v) is 7.39. The Labute approximate surface area is 179 Å². The van der Waals surface area contributed by atoms with Crippen molar-refractivity contribution >= 4 is 28.5 Å². The molecule has 1 N–H and O–H groups in total. The summed E-state index contributed by atoms with van der Waals surface area (Å²) in [6.07, 6.45) is 0. The Balaban J connectivity index is 1.72.